The van der Waals surface area contributed by atoms with E-state index in [1.54, 1.807) is 0 Å². The average molecular weight is 435 g/mol. The van der Waals surface area contributed by atoms with Crippen LogP contribution >= 0.6 is 0 Å². The summed E-state index contributed by atoms with van der Waals surface area (Å²) in [4.78, 5) is 15.4. The molecule has 32 heavy (non-hydrogen) atoms. The number of carbonyl (C=O) groups is 1. The smallest absolute Gasteiger partial charge is 0.329 e. The summed E-state index contributed by atoms with van der Waals surface area (Å²) < 4.78 is 16.7. The van der Waals surface area contributed by atoms with E-state index in [-0.39, 0.29) is 19.8 Å². The second-order valence-corrected chi connectivity index (χ2v) is 6.84. The van der Waals surface area contributed by atoms with E-state index in [4.69, 9.17) is 24.2 Å². The summed E-state index contributed by atoms with van der Waals surface area (Å²) in [6.45, 7) is 0.631. The Morgan fingerprint density at radius 2 is 1.38 bits per heavy atom. The Bertz CT molecular complexity index is 1000. The van der Waals surface area contributed by atoms with Crippen LogP contribution in [-0.4, -0.2) is 37.1 Å². The molecule has 166 valence electrons. The minimum Gasteiger partial charge on any atom is -0.489 e. The van der Waals surface area contributed by atoms with Gasteiger partial charge >= 0.3 is 5.97 Å². The molecule has 0 aliphatic carbocycles. The van der Waals surface area contributed by atoms with Crippen molar-refractivity contribution in [3.05, 3.63) is 95.6 Å². The largest absolute Gasteiger partial charge is 0.489 e. The van der Waals surface area contributed by atoms with E-state index < -0.39 is 5.97 Å². The van der Waals surface area contributed by atoms with E-state index >= 15 is 0 Å². The second-order valence-electron chi connectivity index (χ2n) is 6.84. The highest BCUT2D eigenvalue weighted by Gasteiger charge is 2.06. The number of hydrogen-bond acceptors (Lipinski definition) is 6. The molecule has 0 aliphatic rings. The standard InChI is InChI=1S/C25H25NO6/c1-29-26-24(21-5-3-2-4-6-21)17-32-23-13-9-20(10-14-23)16-31-22-11-7-19(8-12-22)15-30-18-25(27)28/h2-14H,15-18H2,1H3,(H,27,28)/b26-24+. The van der Waals surface area contributed by atoms with E-state index in [9.17, 15) is 4.79 Å². The highest BCUT2D eigenvalue weighted by molar-refractivity contribution is 6.01. The van der Waals surface area contributed by atoms with Crippen LogP contribution < -0.4 is 9.47 Å². The Hall–Kier alpha value is -3.84. The van der Waals surface area contributed by atoms with Crippen LogP contribution in [0.15, 0.2) is 84.0 Å². The molecule has 3 rings (SSSR count). The van der Waals surface area contributed by atoms with Gasteiger partial charge in [0, 0.05) is 5.56 Å². The van der Waals surface area contributed by atoms with Crippen LogP contribution in [0.2, 0.25) is 0 Å². The number of rotatable bonds is 12. The van der Waals surface area contributed by atoms with Gasteiger partial charge in [-0.3, -0.25) is 0 Å². The molecule has 0 fully saturated rings. The third-order valence-electron chi connectivity index (χ3n) is 4.43. The number of aliphatic carboxylic acids is 1. The highest BCUT2D eigenvalue weighted by atomic mass is 16.6. The predicted octanol–water partition coefficient (Wildman–Crippen LogP) is 4.30. The third kappa shape index (κ3) is 7.45. The number of hydrogen-bond donors (Lipinski definition) is 1. The van der Waals surface area contributed by atoms with Crippen molar-refractivity contribution in [2.45, 2.75) is 13.2 Å². The van der Waals surface area contributed by atoms with Crippen LogP contribution in [0.5, 0.6) is 11.5 Å². The Kier molecular flexibility index (Phi) is 8.65. The highest BCUT2D eigenvalue weighted by Crippen LogP contribution is 2.17. The molecule has 0 unspecified atom stereocenters. The van der Waals surface area contributed by atoms with Crippen LogP contribution in [0, 0.1) is 0 Å². The monoisotopic (exact) mass is 435 g/mol. The fourth-order valence-corrected chi connectivity index (χ4v) is 2.84. The Morgan fingerprint density at radius 1 is 0.781 bits per heavy atom. The lowest BCUT2D eigenvalue weighted by Gasteiger charge is -2.10. The fourth-order valence-electron chi connectivity index (χ4n) is 2.84. The van der Waals surface area contributed by atoms with Crippen molar-refractivity contribution in [3.8, 4) is 11.5 Å². The van der Waals surface area contributed by atoms with Gasteiger partial charge in [0.1, 0.15) is 44.1 Å². The Morgan fingerprint density at radius 3 is 1.97 bits per heavy atom. The molecule has 0 saturated heterocycles. The molecule has 0 amide bonds. The van der Waals surface area contributed by atoms with Crippen LogP contribution in [0.3, 0.4) is 0 Å². The molecule has 3 aromatic rings. The van der Waals surface area contributed by atoms with Crippen LogP contribution in [0.25, 0.3) is 0 Å². The SMILES string of the molecule is CO/N=C(\COc1ccc(COc2ccc(COCC(=O)O)cc2)cc1)c1ccccc1. The van der Waals surface area contributed by atoms with Gasteiger partial charge in [0.2, 0.25) is 0 Å². The maximum atomic E-state index is 10.5. The maximum Gasteiger partial charge on any atom is 0.329 e. The number of oxime groups is 1. The lowest BCUT2D eigenvalue weighted by molar-refractivity contribution is -0.142. The second kappa shape index (κ2) is 12.1. The summed E-state index contributed by atoms with van der Waals surface area (Å²) in [5.41, 5.74) is 3.53. The zero-order valence-corrected chi connectivity index (χ0v) is 17.8. The van der Waals surface area contributed by atoms with Crippen molar-refractivity contribution in [3.63, 3.8) is 0 Å². The quantitative estimate of drug-likeness (QED) is 0.337. The van der Waals surface area contributed by atoms with Gasteiger partial charge in [0.25, 0.3) is 0 Å². The molecular formula is C25H25NO6. The summed E-state index contributed by atoms with van der Waals surface area (Å²) in [6, 6.07) is 24.8. The molecule has 0 aliphatic heterocycles. The topological polar surface area (TPSA) is 86.6 Å². The molecule has 7 nitrogen and oxygen atoms in total. The third-order valence-corrected chi connectivity index (χ3v) is 4.43. The lowest BCUT2D eigenvalue weighted by atomic mass is 10.1. The summed E-state index contributed by atoms with van der Waals surface area (Å²) >= 11 is 0. The first-order valence-electron chi connectivity index (χ1n) is 10.0. The van der Waals surface area contributed by atoms with Crippen LogP contribution in [0.4, 0.5) is 0 Å². The molecule has 0 aromatic heterocycles. The number of benzene rings is 3. The summed E-state index contributed by atoms with van der Waals surface area (Å²) in [6.07, 6.45) is 0. The molecule has 0 radical (unpaired) electrons. The van der Waals surface area contributed by atoms with E-state index in [0.717, 1.165) is 28.2 Å². The van der Waals surface area contributed by atoms with Crippen molar-refractivity contribution in [2.75, 3.05) is 20.3 Å². The molecule has 0 atom stereocenters. The Labute approximate surface area is 186 Å². The summed E-state index contributed by atoms with van der Waals surface area (Å²) in [5.74, 6) is 0.455. The van der Waals surface area contributed by atoms with Gasteiger partial charge in [-0.1, -0.05) is 59.8 Å². The number of carboxylic acids is 1. The summed E-state index contributed by atoms with van der Waals surface area (Å²) in [5, 5.41) is 12.6. The van der Waals surface area contributed by atoms with E-state index in [2.05, 4.69) is 5.16 Å². The molecular weight excluding hydrogens is 410 g/mol. The minimum atomic E-state index is -0.985. The van der Waals surface area contributed by atoms with Gasteiger partial charge in [-0.15, -0.1) is 0 Å². The molecule has 0 heterocycles. The van der Waals surface area contributed by atoms with Gasteiger partial charge in [0.15, 0.2) is 0 Å². The van der Waals surface area contributed by atoms with Crippen molar-refractivity contribution in [1.82, 2.24) is 0 Å². The molecule has 0 spiro atoms. The summed E-state index contributed by atoms with van der Waals surface area (Å²) in [7, 11) is 1.51. The van der Waals surface area contributed by atoms with Crippen LogP contribution in [0.1, 0.15) is 16.7 Å². The number of carboxylic acid groups (broad SMARTS) is 1. The molecule has 3 aromatic carbocycles. The first-order valence-corrected chi connectivity index (χ1v) is 10.0. The molecule has 7 heteroatoms. The van der Waals surface area contributed by atoms with Crippen LogP contribution in [-0.2, 0) is 27.6 Å². The zero-order chi connectivity index (χ0) is 22.6. The van der Waals surface area contributed by atoms with E-state index in [1.807, 2.05) is 78.9 Å². The first-order chi connectivity index (χ1) is 15.6. The maximum absolute atomic E-state index is 10.5. The van der Waals surface area contributed by atoms with Crippen molar-refractivity contribution in [1.29, 1.82) is 0 Å². The van der Waals surface area contributed by atoms with E-state index in [0.29, 0.717) is 12.3 Å². The Balaban J connectivity index is 1.47. The molecule has 0 saturated carbocycles. The van der Waals surface area contributed by atoms with Gasteiger partial charge in [0.05, 0.1) is 6.61 Å². The van der Waals surface area contributed by atoms with Gasteiger partial charge in [-0.2, -0.15) is 0 Å². The van der Waals surface area contributed by atoms with E-state index in [1.165, 1.54) is 7.11 Å². The van der Waals surface area contributed by atoms with Gasteiger partial charge < -0.3 is 24.2 Å². The van der Waals surface area contributed by atoms with Gasteiger partial charge in [-0.25, -0.2) is 4.79 Å². The van der Waals surface area contributed by atoms with Crippen molar-refractivity contribution in [2.24, 2.45) is 5.16 Å². The number of ether oxygens (including phenoxy) is 3. The van der Waals surface area contributed by atoms with Gasteiger partial charge in [-0.05, 0) is 35.4 Å². The minimum absolute atomic E-state index is 0.245. The van der Waals surface area contributed by atoms with Crippen molar-refractivity contribution >= 4 is 11.7 Å². The number of nitrogens with zero attached hydrogens (tertiary/aromatic N) is 1. The average Bonchev–Trinajstić information content (AvgIpc) is 2.82. The molecule has 0 bridgehead atoms. The first kappa shape index (κ1) is 22.8. The van der Waals surface area contributed by atoms with Crippen molar-refractivity contribution < 1.29 is 28.9 Å². The normalized spacial score (nSPS) is 11.1. The molecule has 1 N–H and O–H groups in total. The fraction of sp³-hybridized carbons (Fsp3) is 0.200. The lowest BCUT2D eigenvalue weighted by Crippen LogP contribution is -2.13. The predicted molar refractivity (Wildman–Crippen MR) is 120 cm³/mol. The zero-order valence-electron chi connectivity index (χ0n) is 17.8.